The lowest BCUT2D eigenvalue weighted by atomic mass is 10.1. The molecule has 2 nitrogen and oxygen atoms in total. The van der Waals surface area contributed by atoms with Gasteiger partial charge in [-0.1, -0.05) is 6.07 Å². The average Bonchev–Trinajstić information content (AvgIpc) is 2.91. The number of rotatable bonds is 3. The second-order valence-electron chi connectivity index (χ2n) is 3.68. The van der Waals surface area contributed by atoms with Gasteiger partial charge < -0.3 is 0 Å². The highest BCUT2D eigenvalue weighted by Gasteiger charge is 2.29. The van der Waals surface area contributed by atoms with E-state index in [-0.39, 0.29) is 0 Å². The molecular weight excluding hydrogens is 162 g/mol. The van der Waals surface area contributed by atoms with Crippen molar-refractivity contribution < 1.29 is 4.79 Å². The highest BCUT2D eigenvalue weighted by molar-refractivity contribution is 5.85. The van der Waals surface area contributed by atoms with Gasteiger partial charge in [0, 0.05) is 18.5 Å². The number of ketones is 1. The molecule has 1 aromatic heterocycles. The van der Waals surface area contributed by atoms with Gasteiger partial charge in [-0.2, -0.15) is 0 Å². The van der Waals surface area contributed by atoms with Crippen molar-refractivity contribution in [2.24, 2.45) is 5.92 Å². The van der Waals surface area contributed by atoms with Gasteiger partial charge in [0.15, 0.2) is 0 Å². The molecule has 2 heteroatoms. The number of hydrogen-bond donors (Lipinski definition) is 0. The molecule has 0 unspecified atom stereocenters. The summed E-state index contributed by atoms with van der Waals surface area (Å²) in [6.07, 6.45) is 4.45. The van der Waals surface area contributed by atoms with Crippen molar-refractivity contribution in [2.75, 3.05) is 0 Å². The molecule has 0 saturated heterocycles. The molecule has 1 aromatic rings. The number of nitrogens with zero attached hydrogens (tertiary/aromatic N) is 1. The highest BCUT2D eigenvalue weighted by Crippen LogP contribution is 2.30. The van der Waals surface area contributed by atoms with E-state index in [1.165, 1.54) is 0 Å². The fourth-order valence-corrected chi connectivity index (χ4v) is 1.42. The molecule has 1 aliphatic carbocycles. The number of Topliss-reactive ketones (excluding diaryl/α,β-unsaturated/α-hetero) is 1. The Labute approximate surface area is 78.0 Å². The van der Waals surface area contributed by atoms with E-state index in [9.17, 15) is 4.79 Å². The van der Waals surface area contributed by atoms with Crippen LogP contribution in [0.2, 0.25) is 0 Å². The normalized spacial score (nSPS) is 15.8. The first-order chi connectivity index (χ1) is 6.27. The van der Waals surface area contributed by atoms with E-state index < -0.39 is 0 Å². The Bertz CT molecular complexity index is 329. The molecule has 1 saturated carbocycles. The van der Waals surface area contributed by atoms with E-state index in [2.05, 4.69) is 4.98 Å². The Kier molecular flexibility index (Phi) is 2.13. The Morgan fingerprint density at radius 2 is 2.38 bits per heavy atom. The highest BCUT2D eigenvalue weighted by atomic mass is 16.1. The number of carbonyl (C=O) groups is 1. The van der Waals surface area contributed by atoms with E-state index in [1.807, 2.05) is 19.1 Å². The van der Waals surface area contributed by atoms with Crippen LogP contribution in [-0.2, 0) is 11.2 Å². The zero-order valence-electron chi connectivity index (χ0n) is 7.79. The van der Waals surface area contributed by atoms with Crippen LogP contribution in [0.1, 0.15) is 24.1 Å². The average molecular weight is 175 g/mol. The summed E-state index contributed by atoms with van der Waals surface area (Å²) in [6, 6.07) is 3.91. The van der Waals surface area contributed by atoms with Gasteiger partial charge in [-0.15, -0.1) is 0 Å². The predicted octanol–water partition coefficient (Wildman–Crippen LogP) is 1.91. The summed E-state index contributed by atoms with van der Waals surface area (Å²) >= 11 is 0. The third-order valence-electron chi connectivity index (χ3n) is 2.49. The van der Waals surface area contributed by atoms with Crippen LogP contribution < -0.4 is 0 Å². The minimum atomic E-state index is 0.349. The van der Waals surface area contributed by atoms with Crippen LogP contribution in [-0.4, -0.2) is 10.8 Å². The topological polar surface area (TPSA) is 30.0 Å². The number of hydrogen-bond acceptors (Lipinski definition) is 2. The van der Waals surface area contributed by atoms with Gasteiger partial charge in [0.05, 0.1) is 5.69 Å². The molecule has 0 amide bonds. The number of aryl methyl sites for hydroxylation is 1. The van der Waals surface area contributed by atoms with E-state index >= 15 is 0 Å². The summed E-state index contributed by atoms with van der Waals surface area (Å²) in [5.74, 6) is 0.711. The monoisotopic (exact) mass is 175 g/mol. The van der Waals surface area contributed by atoms with E-state index in [4.69, 9.17) is 0 Å². The van der Waals surface area contributed by atoms with E-state index in [1.54, 1.807) is 6.20 Å². The molecule has 0 aliphatic heterocycles. The Morgan fingerprint density at radius 3 is 3.00 bits per heavy atom. The number of aromatic nitrogens is 1. The molecule has 13 heavy (non-hydrogen) atoms. The maximum Gasteiger partial charge on any atom is 0.141 e. The van der Waals surface area contributed by atoms with Crippen LogP contribution in [0.3, 0.4) is 0 Å². The lowest BCUT2D eigenvalue weighted by molar-refractivity contribution is -0.119. The maximum atomic E-state index is 11.5. The van der Waals surface area contributed by atoms with Crippen LogP contribution in [0.4, 0.5) is 0 Å². The zero-order chi connectivity index (χ0) is 9.26. The van der Waals surface area contributed by atoms with Gasteiger partial charge in [-0.05, 0) is 31.4 Å². The first-order valence-corrected chi connectivity index (χ1v) is 4.70. The van der Waals surface area contributed by atoms with Crippen molar-refractivity contribution in [3.63, 3.8) is 0 Å². The van der Waals surface area contributed by atoms with Gasteiger partial charge >= 0.3 is 0 Å². The summed E-state index contributed by atoms with van der Waals surface area (Å²) in [5, 5.41) is 0. The molecule has 0 bridgehead atoms. The molecule has 2 rings (SSSR count). The lowest BCUT2D eigenvalue weighted by Crippen LogP contribution is -2.07. The van der Waals surface area contributed by atoms with Crippen LogP contribution in [0.25, 0.3) is 0 Å². The van der Waals surface area contributed by atoms with Crippen LogP contribution in [0.15, 0.2) is 18.3 Å². The molecule has 0 radical (unpaired) electrons. The van der Waals surface area contributed by atoms with Crippen molar-refractivity contribution >= 4 is 5.78 Å². The molecule has 0 aromatic carbocycles. The Balaban J connectivity index is 2.08. The van der Waals surface area contributed by atoms with Gasteiger partial charge in [0.25, 0.3) is 0 Å². The van der Waals surface area contributed by atoms with Gasteiger partial charge in [-0.25, -0.2) is 0 Å². The molecule has 1 fully saturated rings. The smallest absolute Gasteiger partial charge is 0.141 e. The minimum absolute atomic E-state index is 0.349. The largest absolute Gasteiger partial charge is 0.299 e. The quantitative estimate of drug-likeness (QED) is 0.702. The number of carbonyl (C=O) groups excluding carboxylic acids is 1. The molecule has 0 spiro atoms. The second kappa shape index (κ2) is 3.29. The van der Waals surface area contributed by atoms with Crippen LogP contribution in [0, 0.1) is 12.8 Å². The minimum Gasteiger partial charge on any atom is -0.299 e. The zero-order valence-corrected chi connectivity index (χ0v) is 7.79. The van der Waals surface area contributed by atoms with E-state index in [0.29, 0.717) is 18.1 Å². The first-order valence-electron chi connectivity index (χ1n) is 4.70. The first kappa shape index (κ1) is 8.42. The molecule has 0 atom stereocenters. The summed E-state index contributed by atoms with van der Waals surface area (Å²) in [5.41, 5.74) is 2.07. The molecular formula is C11H13NO. The Morgan fingerprint density at radius 1 is 1.62 bits per heavy atom. The summed E-state index contributed by atoms with van der Waals surface area (Å²) in [6.45, 7) is 2.00. The molecule has 68 valence electrons. The third kappa shape index (κ3) is 1.94. The Hall–Kier alpha value is -1.18. The van der Waals surface area contributed by atoms with Gasteiger partial charge in [0.1, 0.15) is 5.78 Å². The van der Waals surface area contributed by atoms with Crippen LogP contribution in [0.5, 0.6) is 0 Å². The van der Waals surface area contributed by atoms with E-state index in [0.717, 1.165) is 24.1 Å². The van der Waals surface area contributed by atoms with Crippen LogP contribution >= 0.6 is 0 Å². The van der Waals surface area contributed by atoms with Gasteiger partial charge in [-0.3, -0.25) is 9.78 Å². The van der Waals surface area contributed by atoms with Crippen molar-refractivity contribution in [3.8, 4) is 0 Å². The van der Waals surface area contributed by atoms with Crippen molar-refractivity contribution in [2.45, 2.75) is 26.2 Å². The predicted molar refractivity (Wildman–Crippen MR) is 50.4 cm³/mol. The number of pyridine rings is 1. The van der Waals surface area contributed by atoms with Crippen molar-refractivity contribution in [1.82, 2.24) is 4.98 Å². The van der Waals surface area contributed by atoms with Crippen molar-refractivity contribution in [1.29, 1.82) is 0 Å². The fourth-order valence-electron chi connectivity index (χ4n) is 1.42. The van der Waals surface area contributed by atoms with Gasteiger partial charge in [0.2, 0.25) is 0 Å². The second-order valence-corrected chi connectivity index (χ2v) is 3.68. The molecule has 0 N–H and O–H groups in total. The summed E-state index contributed by atoms with van der Waals surface area (Å²) in [4.78, 5) is 15.7. The third-order valence-corrected chi connectivity index (χ3v) is 2.49. The van der Waals surface area contributed by atoms with Crippen molar-refractivity contribution in [3.05, 3.63) is 29.6 Å². The maximum absolute atomic E-state index is 11.5. The standard InChI is InChI=1S/C11H13NO/c1-8-3-2-6-12-10(8)7-11(13)9-4-5-9/h2-3,6,9H,4-5,7H2,1H3. The summed E-state index contributed by atoms with van der Waals surface area (Å²) in [7, 11) is 0. The fraction of sp³-hybridized carbons (Fsp3) is 0.455. The molecule has 1 aliphatic rings. The lowest BCUT2D eigenvalue weighted by Gasteiger charge is -2.01. The summed E-state index contributed by atoms with van der Waals surface area (Å²) < 4.78 is 0. The molecule has 1 heterocycles. The SMILES string of the molecule is Cc1cccnc1CC(=O)C1CC1.